The minimum absolute atomic E-state index is 0.0120. The van der Waals surface area contributed by atoms with Gasteiger partial charge in [-0.25, -0.2) is 4.79 Å². The Hall–Kier alpha value is -6.45. The smallest absolute Gasteiger partial charge is 0.414 e. The van der Waals surface area contributed by atoms with Crippen LogP contribution in [0.3, 0.4) is 0 Å². The fourth-order valence-corrected chi connectivity index (χ4v) is 7.79. The lowest BCUT2D eigenvalue weighted by Gasteiger charge is -2.28. The maximum absolute atomic E-state index is 14.0. The molecule has 15 nitrogen and oxygen atoms in total. The van der Waals surface area contributed by atoms with Gasteiger partial charge in [0.05, 0.1) is 69.1 Å². The first-order valence-corrected chi connectivity index (χ1v) is 22.8. The number of fused-ring (bicyclic) bond motifs is 2. The zero-order valence-corrected chi connectivity index (χ0v) is 40.4. The Labute approximate surface area is 394 Å². The second-order valence-electron chi connectivity index (χ2n) is 17.8. The lowest BCUT2D eigenvalue weighted by molar-refractivity contribution is 0.0420. The van der Waals surface area contributed by atoms with E-state index in [4.69, 9.17) is 33.2 Å². The first kappa shape index (κ1) is 50.0. The third-order valence-electron chi connectivity index (χ3n) is 11.3. The molecule has 0 radical (unpaired) electrons. The molecule has 6 rings (SSSR count). The third-order valence-corrected chi connectivity index (χ3v) is 11.3. The molecule has 0 fully saturated rings. The van der Waals surface area contributed by atoms with E-state index in [1.54, 1.807) is 40.3 Å². The summed E-state index contributed by atoms with van der Waals surface area (Å²) >= 11 is 0. The van der Waals surface area contributed by atoms with Crippen LogP contribution >= 0.6 is 0 Å². The number of para-hydroxylation sites is 1. The van der Waals surface area contributed by atoms with Gasteiger partial charge in [0, 0.05) is 49.4 Å². The number of anilines is 2. The van der Waals surface area contributed by atoms with E-state index < -0.39 is 11.7 Å². The molecular formula is C52H65N5O10. The van der Waals surface area contributed by atoms with E-state index in [-0.39, 0.29) is 44.2 Å². The molecule has 0 saturated carbocycles. The predicted octanol–water partition coefficient (Wildman–Crippen LogP) is 9.78. The van der Waals surface area contributed by atoms with E-state index in [1.807, 2.05) is 77.1 Å². The Kier molecular flexibility index (Phi) is 17.0. The number of benzene rings is 4. The molecule has 2 aliphatic heterocycles. The topological polar surface area (TPSA) is 150 Å². The van der Waals surface area contributed by atoms with Crippen molar-refractivity contribution in [3.8, 4) is 23.0 Å². The molecule has 0 N–H and O–H groups in total. The molecule has 67 heavy (non-hydrogen) atoms. The van der Waals surface area contributed by atoms with Crippen LogP contribution in [0.15, 0.2) is 76.7 Å². The van der Waals surface area contributed by atoms with Crippen molar-refractivity contribution < 1.29 is 47.5 Å². The summed E-state index contributed by atoms with van der Waals surface area (Å²) < 4.78 is 42.0. The first-order valence-electron chi connectivity index (χ1n) is 22.8. The molecule has 358 valence electrons. The number of hydrogen-bond donors (Lipinski definition) is 0. The first-order chi connectivity index (χ1) is 32.1. The summed E-state index contributed by atoms with van der Waals surface area (Å²) in [5.41, 5.74) is 4.58. The van der Waals surface area contributed by atoms with E-state index in [9.17, 15) is 14.4 Å². The fourth-order valence-electron chi connectivity index (χ4n) is 7.79. The van der Waals surface area contributed by atoms with Gasteiger partial charge in [0.2, 0.25) is 0 Å². The summed E-state index contributed by atoms with van der Waals surface area (Å²) in [6.07, 6.45) is 2.89. The minimum atomic E-state index is -0.788. The molecule has 1 atom stereocenters. The van der Waals surface area contributed by atoms with Crippen molar-refractivity contribution >= 4 is 53.6 Å². The van der Waals surface area contributed by atoms with Gasteiger partial charge in [0.15, 0.2) is 23.0 Å². The van der Waals surface area contributed by atoms with Crippen LogP contribution in [0.5, 0.6) is 23.0 Å². The number of carbonyl (C=O) groups excluding carboxylic acids is 3. The zero-order valence-electron chi connectivity index (χ0n) is 40.4. The van der Waals surface area contributed by atoms with E-state index in [0.29, 0.717) is 101 Å². The molecule has 2 aliphatic rings. The Morgan fingerprint density at radius 1 is 0.881 bits per heavy atom. The van der Waals surface area contributed by atoms with Crippen molar-refractivity contribution in [3.63, 3.8) is 0 Å². The van der Waals surface area contributed by atoms with Gasteiger partial charge in [-0.15, -0.1) is 0 Å². The van der Waals surface area contributed by atoms with E-state index >= 15 is 0 Å². The van der Waals surface area contributed by atoms with Gasteiger partial charge in [-0.2, -0.15) is 0 Å². The van der Waals surface area contributed by atoms with Crippen molar-refractivity contribution in [2.24, 2.45) is 15.9 Å². The van der Waals surface area contributed by atoms with E-state index in [1.165, 1.54) is 19.1 Å². The quantitative estimate of drug-likeness (QED) is 0.0584. The van der Waals surface area contributed by atoms with Crippen molar-refractivity contribution in [1.82, 2.24) is 4.90 Å². The summed E-state index contributed by atoms with van der Waals surface area (Å²) in [7, 11) is 3.03. The molecule has 1 unspecified atom stereocenters. The number of amides is 3. The number of carbonyl (C=O) groups is 3. The molecule has 0 aliphatic carbocycles. The van der Waals surface area contributed by atoms with Crippen molar-refractivity contribution in [1.29, 1.82) is 0 Å². The van der Waals surface area contributed by atoms with Gasteiger partial charge in [-0.3, -0.25) is 24.5 Å². The maximum Gasteiger partial charge on any atom is 0.414 e. The van der Waals surface area contributed by atoms with Gasteiger partial charge in [0.25, 0.3) is 11.8 Å². The number of aliphatic imine (C=N–C) groups is 2. The Balaban J connectivity index is 1.31. The molecule has 15 heteroatoms. The molecule has 4 aromatic carbocycles. The van der Waals surface area contributed by atoms with Crippen LogP contribution in [-0.4, -0.2) is 108 Å². The molecular weight excluding hydrogens is 855 g/mol. The Morgan fingerprint density at radius 2 is 1.54 bits per heavy atom. The molecule has 0 spiro atoms. The summed E-state index contributed by atoms with van der Waals surface area (Å²) in [6.45, 7) is 20.3. The van der Waals surface area contributed by atoms with Crippen LogP contribution in [-0.2, 0) is 33.8 Å². The SMILES string of the molecule is C=Nc1cc(OCc2cc(COc3cc4c(cc3OC)C(=O)N(CC)C(C)C=N4)cc(N(CCOCCOCCC(C)C)C(=O)OC(C)(C)C)c2)c(OC)cc1C(=O)N1CCc2ccccc21. The van der Waals surface area contributed by atoms with Crippen molar-refractivity contribution in [3.05, 3.63) is 94.5 Å². The second-order valence-corrected chi connectivity index (χ2v) is 17.8. The monoisotopic (exact) mass is 919 g/mol. The minimum Gasteiger partial charge on any atom is -0.493 e. The summed E-state index contributed by atoms with van der Waals surface area (Å²) in [4.78, 5) is 55.4. The highest BCUT2D eigenvalue weighted by Gasteiger charge is 2.30. The van der Waals surface area contributed by atoms with E-state index in [2.05, 4.69) is 30.5 Å². The molecule has 4 aromatic rings. The number of hydrogen-bond acceptors (Lipinski definition) is 12. The van der Waals surface area contributed by atoms with Crippen LogP contribution in [0.25, 0.3) is 0 Å². The van der Waals surface area contributed by atoms with Crippen LogP contribution in [0, 0.1) is 5.92 Å². The van der Waals surface area contributed by atoms with Gasteiger partial charge < -0.3 is 43.0 Å². The highest BCUT2D eigenvalue weighted by molar-refractivity contribution is 6.11. The average Bonchev–Trinajstić information content (AvgIpc) is 3.70. The standard InChI is InChI=1S/C52H65N5O10/c1-11-55-35(4)31-54-43-30-48(46(62-10)28-41(43)49(55)58)66-33-37-24-36(25-39(26-37)56(51(60)67-52(5,6)7)19-21-64-23-22-63-20-17-34(2)3)32-65-47-29-42(53-8)40(27-45(47)61-9)50(59)57-18-16-38-14-12-13-15-44(38)57/h12-15,24-31,34-35H,8,11,16-23,32-33H2,1-7,9-10H3. The third kappa shape index (κ3) is 12.7. The van der Waals surface area contributed by atoms with Gasteiger partial charge in [0.1, 0.15) is 18.8 Å². The average molecular weight is 920 g/mol. The predicted molar refractivity (Wildman–Crippen MR) is 261 cm³/mol. The lowest BCUT2D eigenvalue weighted by Crippen LogP contribution is -2.39. The number of methoxy groups -OCH3 is 2. The fraction of sp³-hybridized carbons (Fsp3) is 0.442. The number of nitrogens with zero attached hydrogens (tertiary/aromatic N) is 5. The van der Waals surface area contributed by atoms with E-state index in [0.717, 1.165) is 24.1 Å². The summed E-state index contributed by atoms with van der Waals surface area (Å²) in [5.74, 6) is 1.57. The Morgan fingerprint density at radius 3 is 2.18 bits per heavy atom. The summed E-state index contributed by atoms with van der Waals surface area (Å²) in [6, 6.07) is 19.9. The zero-order chi connectivity index (χ0) is 48.3. The Bertz CT molecular complexity index is 2430. The number of ether oxygens (including phenoxy) is 7. The normalized spacial score (nSPS) is 14.4. The summed E-state index contributed by atoms with van der Waals surface area (Å²) in [5, 5.41) is 0. The lowest BCUT2D eigenvalue weighted by atomic mass is 10.1. The van der Waals surface area contributed by atoms with Gasteiger partial charge >= 0.3 is 6.09 Å². The van der Waals surface area contributed by atoms with Crippen molar-refractivity contribution in [2.45, 2.75) is 86.2 Å². The second kappa shape index (κ2) is 22.8. The largest absolute Gasteiger partial charge is 0.493 e. The van der Waals surface area contributed by atoms with Crippen LogP contribution in [0.4, 0.5) is 27.5 Å². The molecule has 2 heterocycles. The molecule has 0 saturated heterocycles. The van der Waals surface area contributed by atoms with Crippen LogP contribution < -0.4 is 28.7 Å². The molecule has 0 aromatic heterocycles. The highest BCUT2D eigenvalue weighted by Crippen LogP contribution is 2.40. The number of rotatable bonds is 21. The molecule has 0 bridgehead atoms. The highest BCUT2D eigenvalue weighted by atomic mass is 16.6. The van der Waals surface area contributed by atoms with Crippen molar-refractivity contribution in [2.75, 3.05) is 70.1 Å². The molecule has 3 amide bonds. The van der Waals surface area contributed by atoms with Gasteiger partial charge in [-0.1, -0.05) is 32.0 Å². The van der Waals surface area contributed by atoms with Crippen LogP contribution in [0.1, 0.15) is 92.3 Å². The van der Waals surface area contributed by atoms with Gasteiger partial charge in [-0.05, 0) is 113 Å². The maximum atomic E-state index is 14.0. The van der Waals surface area contributed by atoms with Crippen LogP contribution in [0.2, 0.25) is 0 Å².